The highest BCUT2D eigenvalue weighted by molar-refractivity contribution is 7.00. The zero-order valence-corrected chi connectivity index (χ0v) is 53.0. The lowest BCUT2D eigenvalue weighted by molar-refractivity contribution is 0.590. The maximum absolute atomic E-state index is 2.70. The van der Waals surface area contributed by atoms with Crippen molar-refractivity contribution in [2.75, 3.05) is 9.80 Å². The molecule has 2 aliphatic rings. The maximum atomic E-state index is 2.70. The van der Waals surface area contributed by atoms with E-state index in [0.717, 1.165) is 90.0 Å². The first-order valence-corrected chi connectivity index (χ1v) is 33.2. The summed E-state index contributed by atoms with van der Waals surface area (Å²) >= 11 is 0. The van der Waals surface area contributed by atoms with Gasteiger partial charge in [-0.2, -0.15) is 0 Å². The zero-order valence-electron chi connectivity index (χ0n) is 53.0. The Kier molecular flexibility index (Phi) is 12.3. The average molecular weight is 1210 g/mol. The summed E-state index contributed by atoms with van der Waals surface area (Å²) in [6, 6.07) is 123. The van der Waals surface area contributed by atoms with Crippen LogP contribution in [-0.2, 0) is 5.41 Å². The molecule has 4 heterocycles. The fraction of sp³-hybridized carbons (Fsp3) is 0.0444. The van der Waals surface area contributed by atoms with Crippen molar-refractivity contribution >= 4 is 122 Å². The molecule has 0 spiro atoms. The fourth-order valence-corrected chi connectivity index (χ4v) is 16.1. The van der Waals surface area contributed by atoms with Gasteiger partial charge in [-0.15, -0.1) is 0 Å². The van der Waals surface area contributed by atoms with Gasteiger partial charge in [0, 0.05) is 88.7 Å². The van der Waals surface area contributed by atoms with E-state index < -0.39 is 0 Å². The average Bonchev–Trinajstić information content (AvgIpc) is 0.981. The number of benzene rings is 15. The minimum atomic E-state index is -0.306. The van der Waals surface area contributed by atoms with Gasteiger partial charge in [0.15, 0.2) is 0 Å². The van der Waals surface area contributed by atoms with E-state index in [9.17, 15) is 0 Å². The summed E-state index contributed by atoms with van der Waals surface area (Å²) in [7, 11) is 0. The third kappa shape index (κ3) is 8.42. The molecule has 17 aromatic rings. The van der Waals surface area contributed by atoms with E-state index in [0.29, 0.717) is 0 Å². The number of para-hydroxylation sites is 4. The topological polar surface area (TPSA) is 16.3 Å². The van der Waals surface area contributed by atoms with E-state index in [2.05, 4.69) is 367 Å². The second-order valence-electron chi connectivity index (χ2n) is 26.7. The number of hydrogen-bond acceptors (Lipinski definition) is 2. The van der Waals surface area contributed by atoms with E-state index in [1.54, 1.807) is 0 Å². The molecule has 15 aromatic carbocycles. The molecule has 0 N–H and O–H groups in total. The van der Waals surface area contributed by atoms with Gasteiger partial charge in [0.25, 0.3) is 6.71 Å². The summed E-state index contributed by atoms with van der Waals surface area (Å²) < 4.78 is 5.09. The van der Waals surface area contributed by atoms with Crippen molar-refractivity contribution < 1.29 is 0 Å². The summed E-state index contributed by atoms with van der Waals surface area (Å²) in [6.45, 7) is 6.94. The van der Waals surface area contributed by atoms with Crippen molar-refractivity contribution in [3.8, 4) is 55.9 Å². The largest absolute Gasteiger partial charge is 0.310 e. The highest BCUT2D eigenvalue weighted by atomic mass is 15.2. The Hall–Kier alpha value is -11.9. The molecule has 4 nitrogen and oxygen atoms in total. The molecule has 95 heavy (non-hydrogen) atoms. The Balaban J connectivity index is 0.991. The smallest absolute Gasteiger partial charge is 0.252 e. The highest BCUT2D eigenvalue weighted by Gasteiger charge is 2.46. The Morgan fingerprint density at radius 2 is 0.621 bits per heavy atom. The normalized spacial score (nSPS) is 12.7. The van der Waals surface area contributed by atoms with Gasteiger partial charge in [-0.05, 0) is 109 Å². The quantitative estimate of drug-likeness (QED) is 0.141. The van der Waals surface area contributed by atoms with E-state index in [4.69, 9.17) is 0 Å². The van der Waals surface area contributed by atoms with Crippen LogP contribution in [0.5, 0.6) is 0 Å². The Labute approximate surface area is 553 Å². The predicted molar refractivity (Wildman–Crippen MR) is 405 cm³/mol. The number of fused-ring (bicyclic) bond motifs is 14. The van der Waals surface area contributed by atoms with Gasteiger partial charge in [0.2, 0.25) is 0 Å². The SMILES string of the molecule is CC(C)(C)c1cc2c3c(c1)N(c1c(-c4ccccc4)cccc1-c1ccccc1)c1cc(-n4c5ccccc5c5ccc6ccccc6c54)ccc1B3c1ccc(-n3c4ccccc4c4ccc5ccccc5c43)cc1N2c1c(-c2ccccc2)cccc1-c1ccccc1. The van der Waals surface area contributed by atoms with Gasteiger partial charge in [0.1, 0.15) is 0 Å². The van der Waals surface area contributed by atoms with Gasteiger partial charge in [-0.1, -0.05) is 300 Å². The number of rotatable bonds is 8. The van der Waals surface area contributed by atoms with Crippen molar-refractivity contribution in [1.29, 1.82) is 0 Å². The first kappa shape index (κ1) is 54.8. The molecule has 2 aromatic heterocycles. The van der Waals surface area contributed by atoms with Crippen LogP contribution in [0.25, 0.3) is 121 Å². The number of aromatic nitrogens is 2. The molecule has 0 amide bonds. The van der Waals surface area contributed by atoms with Gasteiger partial charge in [-0.25, -0.2) is 0 Å². The molecule has 2 aliphatic heterocycles. The van der Waals surface area contributed by atoms with Crippen LogP contribution < -0.4 is 26.2 Å². The molecule has 0 saturated carbocycles. The predicted octanol–water partition coefficient (Wildman–Crippen LogP) is 22.2. The minimum absolute atomic E-state index is 0.222. The van der Waals surface area contributed by atoms with E-state index in [1.807, 2.05) is 0 Å². The molecular weight excluding hydrogens is 1150 g/mol. The highest BCUT2D eigenvalue weighted by Crippen LogP contribution is 2.54. The van der Waals surface area contributed by atoms with Gasteiger partial charge >= 0.3 is 0 Å². The first-order valence-electron chi connectivity index (χ1n) is 33.2. The molecular formula is C90H63BN4. The number of anilines is 6. The standard InChI is InChI=1S/C90H63BN4/c1-90(2,3)64-54-83-85-84(55-64)95(87-71(60-30-12-6-13-31-60)42-25-43-72(87)61-32-14-7-15-33-61)82-57-66(93-80-45-23-21-39-74(80)76-51-47-63-35-17-19-37-68(63)89(76)93)49-53-78(82)91(85)77-52-48-65(92-79-44-22-20-38-73(79)75-50-46-62-34-16-18-36-67(62)88(75)92)56-81(77)94(83)86-69(58-26-8-4-9-27-58)40-24-41-70(86)59-28-10-5-11-29-59/h4-57H,1-3H3. The second-order valence-corrected chi connectivity index (χ2v) is 26.7. The lowest BCUT2D eigenvalue weighted by Crippen LogP contribution is -2.61. The third-order valence-corrected chi connectivity index (χ3v) is 20.4. The Morgan fingerprint density at radius 3 is 1.00 bits per heavy atom. The molecule has 0 radical (unpaired) electrons. The van der Waals surface area contributed by atoms with Crippen LogP contribution in [0.4, 0.5) is 34.1 Å². The molecule has 19 rings (SSSR count). The molecule has 0 atom stereocenters. The molecule has 0 saturated heterocycles. The van der Waals surface area contributed by atoms with Crippen LogP contribution in [0.2, 0.25) is 0 Å². The van der Waals surface area contributed by atoms with E-state index in [-0.39, 0.29) is 12.1 Å². The molecule has 0 fully saturated rings. The summed E-state index contributed by atoms with van der Waals surface area (Å²) in [5.41, 5.74) is 27.6. The third-order valence-electron chi connectivity index (χ3n) is 20.4. The monoisotopic (exact) mass is 1210 g/mol. The first-order chi connectivity index (χ1) is 46.8. The van der Waals surface area contributed by atoms with Crippen molar-refractivity contribution in [2.24, 2.45) is 0 Å². The maximum Gasteiger partial charge on any atom is 0.252 e. The lowest BCUT2D eigenvalue weighted by atomic mass is 9.33. The molecule has 0 bridgehead atoms. The second kappa shape index (κ2) is 21.3. The van der Waals surface area contributed by atoms with Crippen LogP contribution in [0.1, 0.15) is 26.3 Å². The number of hydrogen-bond donors (Lipinski definition) is 0. The zero-order chi connectivity index (χ0) is 63.0. The molecule has 5 heteroatoms. The van der Waals surface area contributed by atoms with E-state index in [1.165, 1.54) is 87.1 Å². The lowest BCUT2D eigenvalue weighted by Gasteiger charge is -2.46. The van der Waals surface area contributed by atoms with Crippen LogP contribution >= 0.6 is 0 Å². The molecule has 0 unspecified atom stereocenters. The Morgan fingerprint density at radius 1 is 0.274 bits per heavy atom. The summed E-state index contributed by atoms with van der Waals surface area (Å²) in [6.07, 6.45) is 0. The summed E-state index contributed by atoms with van der Waals surface area (Å²) in [5.74, 6) is 0. The van der Waals surface area contributed by atoms with Gasteiger partial charge < -0.3 is 18.9 Å². The van der Waals surface area contributed by atoms with Crippen molar-refractivity contribution in [2.45, 2.75) is 26.2 Å². The summed E-state index contributed by atoms with van der Waals surface area (Å²) in [5, 5.41) is 9.80. The van der Waals surface area contributed by atoms with Crippen molar-refractivity contribution in [3.63, 3.8) is 0 Å². The van der Waals surface area contributed by atoms with Crippen LogP contribution in [0, 0.1) is 0 Å². The Bertz CT molecular complexity index is 5490. The van der Waals surface area contributed by atoms with Crippen molar-refractivity contribution in [1.82, 2.24) is 9.13 Å². The molecule has 0 aliphatic carbocycles. The van der Waals surface area contributed by atoms with Gasteiger partial charge in [0.05, 0.1) is 33.4 Å². The van der Waals surface area contributed by atoms with E-state index >= 15 is 0 Å². The van der Waals surface area contributed by atoms with Crippen LogP contribution in [-0.4, -0.2) is 15.8 Å². The fourth-order valence-electron chi connectivity index (χ4n) is 16.1. The van der Waals surface area contributed by atoms with Crippen LogP contribution in [0.15, 0.2) is 328 Å². The van der Waals surface area contributed by atoms with Gasteiger partial charge in [-0.3, -0.25) is 0 Å². The van der Waals surface area contributed by atoms with Crippen molar-refractivity contribution in [3.05, 3.63) is 333 Å². The number of nitrogens with zero attached hydrogens (tertiary/aromatic N) is 4. The molecule has 446 valence electrons. The summed E-state index contributed by atoms with van der Waals surface area (Å²) in [4.78, 5) is 5.39. The van der Waals surface area contributed by atoms with Crippen LogP contribution in [0.3, 0.4) is 0 Å². The minimum Gasteiger partial charge on any atom is -0.310 e.